The summed E-state index contributed by atoms with van der Waals surface area (Å²) in [6.45, 7) is 2.25. The Labute approximate surface area is 160 Å². The van der Waals surface area contributed by atoms with Gasteiger partial charge in [0.25, 0.3) is 0 Å². The molecule has 3 aromatic rings. The molecule has 3 aromatic carbocycles. The Bertz CT molecular complexity index is 841. The molecule has 1 aliphatic heterocycles. The van der Waals surface area contributed by atoms with Crippen molar-refractivity contribution < 1.29 is 9.53 Å². The second-order valence-electron chi connectivity index (χ2n) is 6.72. The summed E-state index contributed by atoms with van der Waals surface area (Å²) < 4.78 is 5.39. The van der Waals surface area contributed by atoms with Crippen LogP contribution in [-0.4, -0.2) is 23.5 Å². The Morgan fingerprint density at radius 2 is 1.33 bits per heavy atom. The molecule has 0 radical (unpaired) electrons. The summed E-state index contributed by atoms with van der Waals surface area (Å²) in [6.07, 6.45) is 0. The van der Waals surface area contributed by atoms with E-state index in [1.54, 1.807) is 0 Å². The molecule has 1 aliphatic rings. The van der Waals surface area contributed by atoms with Crippen molar-refractivity contribution >= 4 is 5.97 Å². The topological polar surface area (TPSA) is 29.3 Å². The van der Waals surface area contributed by atoms with E-state index < -0.39 is 0 Å². The van der Waals surface area contributed by atoms with Crippen LogP contribution in [0.15, 0.2) is 91.0 Å². The second-order valence-corrected chi connectivity index (χ2v) is 6.72. The van der Waals surface area contributed by atoms with E-state index in [4.69, 9.17) is 4.74 Å². The summed E-state index contributed by atoms with van der Waals surface area (Å²) in [4.78, 5) is 15.0. The monoisotopic (exact) mass is 357 g/mol. The predicted molar refractivity (Wildman–Crippen MR) is 106 cm³/mol. The largest absolute Gasteiger partial charge is 0.465 e. The Balaban J connectivity index is 1.76. The van der Waals surface area contributed by atoms with Crippen LogP contribution in [0.4, 0.5) is 0 Å². The van der Waals surface area contributed by atoms with Crippen molar-refractivity contribution in [3.8, 4) is 0 Å². The number of carbonyl (C=O) groups excluding carboxylic acids is 1. The van der Waals surface area contributed by atoms with Crippen molar-refractivity contribution in [3.05, 3.63) is 108 Å². The third kappa shape index (κ3) is 3.51. The van der Waals surface area contributed by atoms with Crippen molar-refractivity contribution in [2.75, 3.05) is 6.61 Å². The minimum atomic E-state index is -0.266. The Hall–Kier alpha value is -2.91. The van der Waals surface area contributed by atoms with E-state index in [0.29, 0.717) is 6.61 Å². The Kier molecular flexibility index (Phi) is 5.03. The number of rotatable bonds is 6. The first kappa shape index (κ1) is 17.5. The molecular formula is C24H23NO2. The number of carbonyl (C=O) groups is 1. The number of hydrogen-bond donors (Lipinski definition) is 0. The van der Waals surface area contributed by atoms with Gasteiger partial charge in [0.1, 0.15) is 6.04 Å². The van der Waals surface area contributed by atoms with E-state index in [2.05, 4.69) is 41.3 Å². The molecule has 1 heterocycles. The van der Waals surface area contributed by atoms with Gasteiger partial charge in [0.15, 0.2) is 0 Å². The normalized spacial score (nSPS) is 21.0. The van der Waals surface area contributed by atoms with Gasteiger partial charge >= 0.3 is 5.97 Å². The van der Waals surface area contributed by atoms with Crippen LogP contribution < -0.4 is 0 Å². The van der Waals surface area contributed by atoms with Crippen molar-refractivity contribution in [1.29, 1.82) is 0 Å². The van der Waals surface area contributed by atoms with E-state index >= 15 is 0 Å². The van der Waals surface area contributed by atoms with E-state index in [0.717, 1.165) is 5.56 Å². The molecule has 1 unspecified atom stereocenters. The van der Waals surface area contributed by atoms with Crippen LogP contribution in [0.25, 0.3) is 0 Å². The summed E-state index contributed by atoms with van der Waals surface area (Å²) in [6, 6.07) is 30.7. The zero-order valence-electron chi connectivity index (χ0n) is 15.4. The lowest BCUT2D eigenvalue weighted by atomic mass is 9.98. The van der Waals surface area contributed by atoms with Crippen molar-refractivity contribution in [2.45, 2.75) is 25.0 Å². The molecule has 0 saturated carbocycles. The molecule has 0 N–H and O–H groups in total. The zero-order valence-corrected chi connectivity index (χ0v) is 15.4. The molecule has 3 atom stereocenters. The highest BCUT2D eigenvalue weighted by Crippen LogP contribution is 2.52. The summed E-state index contributed by atoms with van der Waals surface area (Å²) in [5.74, 6) is -0.150. The predicted octanol–water partition coefficient (Wildman–Crippen LogP) is 4.76. The number of ether oxygens (including phenoxy) is 1. The van der Waals surface area contributed by atoms with Gasteiger partial charge in [0.2, 0.25) is 0 Å². The SMILES string of the molecule is CCOC(=O)[C@@H]1[C@H](c2ccccc2)N1C(c1ccccc1)c1ccccc1. The Morgan fingerprint density at radius 3 is 1.81 bits per heavy atom. The van der Waals surface area contributed by atoms with Crippen LogP contribution in [0.2, 0.25) is 0 Å². The van der Waals surface area contributed by atoms with E-state index in [9.17, 15) is 4.79 Å². The molecule has 136 valence electrons. The number of esters is 1. The molecule has 27 heavy (non-hydrogen) atoms. The van der Waals surface area contributed by atoms with E-state index in [-0.39, 0.29) is 24.1 Å². The van der Waals surface area contributed by atoms with Crippen LogP contribution in [0.1, 0.15) is 35.7 Å². The van der Waals surface area contributed by atoms with Gasteiger partial charge in [0, 0.05) is 0 Å². The molecule has 0 aliphatic carbocycles. The maximum atomic E-state index is 12.7. The van der Waals surface area contributed by atoms with Crippen LogP contribution in [0.3, 0.4) is 0 Å². The number of nitrogens with zero attached hydrogens (tertiary/aromatic N) is 1. The molecule has 3 nitrogen and oxygen atoms in total. The third-order valence-corrected chi connectivity index (χ3v) is 5.05. The maximum absolute atomic E-state index is 12.7. The molecule has 0 bridgehead atoms. The average molecular weight is 357 g/mol. The van der Waals surface area contributed by atoms with Gasteiger partial charge < -0.3 is 4.74 Å². The molecule has 3 heteroatoms. The van der Waals surface area contributed by atoms with E-state index in [1.165, 1.54) is 11.1 Å². The zero-order chi connectivity index (χ0) is 18.6. The van der Waals surface area contributed by atoms with E-state index in [1.807, 2.05) is 61.5 Å². The molecule has 0 spiro atoms. The lowest BCUT2D eigenvalue weighted by Crippen LogP contribution is -2.20. The van der Waals surface area contributed by atoms with Crippen molar-refractivity contribution in [3.63, 3.8) is 0 Å². The van der Waals surface area contributed by atoms with Gasteiger partial charge in [-0.25, -0.2) is 0 Å². The van der Waals surface area contributed by atoms with Crippen LogP contribution in [0.5, 0.6) is 0 Å². The first-order chi connectivity index (χ1) is 13.3. The van der Waals surface area contributed by atoms with Gasteiger partial charge in [-0.1, -0.05) is 91.0 Å². The van der Waals surface area contributed by atoms with Crippen LogP contribution in [-0.2, 0) is 9.53 Å². The lowest BCUT2D eigenvalue weighted by molar-refractivity contribution is -0.143. The molecule has 0 amide bonds. The fourth-order valence-electron chi connectivity index (χ4n) is 3.86. The maximum Gasteiger partial charge on any atom is 0.325 e. The molecule has 1 fully saturated rings. The van der Waals surface area contributed by atoms with Crippen LogP contribution in [0, 0.1) is 0 Å². The third-order valence-electron chi connectivity index (χ3n) is 5.05. The smallest absolute Gasteiger partial charge is 0.325 e. The second kappa shape index (κ2) is 7.77. The highest BCUT2D eigenvalue weighted by Gasteiger charge is 2.57. The van der Waals surface area contributed by atoms with Gasteiger partial charge in [0.05, 0.1) is 18.7 Å². The Morgan fingerprint density at radius 1 is 0.852 bits per heavy atom. The van der Waals surface area contributed by atoms with Gasteiger partial charge in [-0.05, 0) is 23.6 Å². The number of benzene rings is 3. The van der Waals surface area contributed by atoms with Crippen molar-refractivity contribution in [2.24, 2.45) is 0 Å². The van der Waals surface area contributed by atoms with Gasteiger partial charge in [-0.2, -0.15) is 0 Å². The van der Waals surface area contributed by atoms with Crippen molar-refractivity contribution in [1.82, 2.24) is 4.90 Å². The quantitative estimate of drug-likeness (QED) is 0.470. The highest BCUT2D eigenvalue weighted by atomic mass is 16.5. The highest BCUT2D eigenvalue weighted by molar-refractivity contribution is 5.81. The summed E-state index contributed by atoms with van der Waals surface area (Å²) >= 11 is 0. The van der Waals surface area contributed by atoms with Crippen LogP contribution >= 0.6 is 0 Å². The van der Waals surface area contributed by atoms with Gasteiger partial charge in [-0.3, -0.25) is 9.69 Å². The number of hydrogen-bond acceptors (Lipinski definition) is 3. The molecule has 1 saturated heterocycles. The lowest BCUT2D eigenvalue weighted by Gasteiger charge is -2.21. The van der Waals surface area contributed by atoms with Gasteiger partial charge in [-0.15, -0.1) is 0 Å². The first-order valence-electron chi connectivity index (χ1n) is 9.40. The average Bonchev–Trinajstić information content (AvgIpc) is 3.46. The standard InChI is InChI=1S/C24H23NO2/c1-2-27-24(26)23-22(20-16-10-5-11-17-20)25(23)21(18-12-6-3-7-13-18)19-14-8-4-9-15-19/h3-17,21-23H,2H2,1H3/t22-,23-,25?/m0/s1. The molecule has 0 aromatic heterocycles. The fourth-order valence-corrected chi connectivity index (χ4v) is 3.86. The minimum Gasteiger partial charge on any atom is -0.465 e. The summed E-state index contributed by atoms with van der Waals surface area (Å²) in [7, 11) is 0. The summed E-state index contributed by atoms with van der Waals surface area (Å²) in [5.41, 5.74) is 3.50. The minimum absolute atomic E-state index is 0.00649. The first-order valence-corrected chi connectivity index (χ1v) is 9.40. The summed E-state index contributed by atoms with van der Waals surface area (Å²) in [5, 5.41) is 0. The molecular weight excluding hydrogens is 334 g/mol. The fraction of sp³-hybridized carbons (Fsp3) is 0.208. The molecule has 4 rings (SSSR count).